The van der Waals surface area contributed by atoms with E-state index >= 15 is 0 Å². The van der Waals surface area contributed by atoms with E-state index in [-0.39, 0.29) is 18.2 Å². The molecule has 0 unspecified atom stereocenters. The molecule has 1 aliphatic carbocycles. The van der Waals surface area contributed by atoms with E-state index in [4.69, 9.17) is 4.74 Å². The van der Waals surface area contributed by atoms with Crippen molar-refractivity contribution in [3.05, 3.63) is 45.5 Å². The van der Waals surface area contributed by atoms with Crippen LogP contribution in [0.3, 0.4) is 0 Å². The van der Waals surface area contributed by atoms with Gasteiger partial charge in [0.2, 0.25) is 5.43 Å². The van der Waals surface area contributed by atoms with Crippen LogP contribution in [-0.2, 0) is 4.74 Å². The normalized spacial score (nSPS) is 14.4. The zero-order valence-corrected chi connectivity index (χ0v) is 11.7. The van der Waals surface area contributed by atoms with Gasteiger partial charge in [-0.1, -0.05) is 0 Å². The summed E-state index contributed by atoms with van der Waals surface area (Å²) in [7, 11) is 0. The molecule has 0 spiro atoms. The van der Waals surface area contributed by atoms with Crippen molar-refractivity contribution in [2.24, 2.45) is 0 Å². The van der Waals surface area contributed by atoms with Crippen LogP contribution in [0.1, 0.15) is 36.2 Å². The van der Waals surface area contributed by atoms with E-state index in [1.165, 1.54) is 10.8 Å². The van der Waals surface area contributed by atoms with Crippen LogP contribution in [0.15, 0.2) is 17.1 Å². The van der Waals surface area contributed by atoms with Gasteiger partial charge in [-0.3, -0.25) is 4.79 Å². The summed E-state index contributed by atoms with van der Waals surface area (Å²) in [5.41, 5.74) is -1.81. The fraction of sp³-hybridized carbons (Fsp3) is 0.333. The van der Waals surface area contributed by atoms with Gasteiger partial charge in [0.1, 0.15) is 5.56 Å². The van der Waals surface area contributed by atoms with Gasteiger partial charge in [0.15, 0.2) is 17.5 Å². The van der Waals surface area contributed by atoms with Gasteiger partial charge >= 0.3 is 5.97 Å². The lowest BCUT2D eigenvalue weighted by atomic mass is 10.1. The Labute approximate surface area is 123 Å². The smallest absolute Gasteiger partial charge is 0.343 e. The fourth-order valence-corrected chi connectivity index (χ4v) is 2.44. The van der Waals surface area contributed by atoms with E-state index in [1.54, 1.807) is 6.92 Å². The van der Waals surface area contributed by atoms with E-state index in [0.717, 1.165) is 0 Å². The minimum absolute atomic E-state index is 0.0275. The second-order valence-electron chi connectivity index (χ2n) is 5.11. The summed E-state index contributed by atoms with van der Waals surface area (Å²) in [6.07, 6.45) is 2.58. The van der Waals surface area contributed by atoms with E-state index in [0.29, 0.717) is 18.9 Å². The maximum Gasteiger partial charge on any atom is 0.343 e. The Hall–Kier alpha value is -2.31. The number of hydrogen-bond acceptors (Lipinski definition) is 3. The number of benzene rings is 1. The third-order valence-corrected chi connectivity index (χ3v) is 3.58. The molecule has 0 bridgehead atoms. The average molecular weight is 311 g/mol. The summed E-state index contributed by atoms with van der Waals surface area (Å²) in [6, 6.07) is 0.260. The molecule has 1 aromatic heterocycles. The molecule has 0 atom stereocenters. The molecule has 1 aliphatic rings. The zero-order valence-electron chi connectivity index (χ0n) is 11.7. The molecule has 1 saturated carbocycles. The van der Waals surface area contributed by atoms with Crippen LogP contribution < -0.4 is 5.43 Å². The van der Waals surface area contributed by atoms with Crippen molar-refractivity contribution in [1.82, 2.24) is 4.57 Å². The highest BCUT2D eigenvalue weighted by atomic mass is 19.2. The van der Waals surface area contributed by atoms with Gasteiger partial charge in [-0.05, 0) is 19.8 Å². The number of nitrogens with zero attached hydrogens (tertiary/aromatic N) is 1. The summed E-state index contributed by atoms with van der Waals surface area (Å²) in [5, 5.41) is -0.755. The minimum Gasteiger partial charge on any atom is -0.462 e. The summed E-state index contributed by atoms with van der Waals surface area (Å²) in [6.45, 7) is 1.58. The van der Waals surface area contributed by atoms with Crippen LogP contribution in [0, 0.1) is 17.5 Å². The highest BCUT2D eigenvalue weighted by Crippen LogP contribution is 2.38. The predicted octanol–water partition coefficient (Wildman–Crippen LogP) is 2.93. The summed E-state index contributed by atoms with van der Waals surface area (Å²) >= 11 is 0. The van der Waals surface area contributed by atoms with E-state index in [9.17, 15) is 22.8 Å². The minimum atomic E-state index is -1.47. The van der Waals surface area contributed by atoms with Crippen molar-refractivity contribution in [2.75, 3.05) is 6.61 Å². The third kappa shape index (κ3) is 2.17. The van der Waals surface area contributed by atoms with Gasteiger partial charge in [0.05, 0.1) is 17.5 Å². The fourth-order valence-electron chi connectivity index (χ4n) is 2.44. The van der Waals surface area contributed by atoms with Gasteiger partial charge in [-0.2, -0.15) is 0 Å². The largest absolute Gasteiger partial charge is 0.462 e. The molecule has 0 radical (unpaired) electrons. The summed E-state index contributed by atoms with van der Waals surface area (Å²) in [4.78, 5) is 24.1. The quantitative estimate of drug-likeness (QED) is 0.647. The van der Waals surface area contributed by atoms with Gasteiger partial charge < -0.3 is 9.30 Å². The number of halogens is 3. The van der Waals surface area contributed by atoms with E-state index in [1.807, 2.05) is 0 Å². The number of fused-ring (bicyclic) bond motifs is 1. The second kappa shape index (κ2) is 5.15. The monoisotopic (exact) mass is 311 g/mol. The Balaban J connectivity index is 2.41. The second-order valence-corrected chi connectivity index (χ2v) is 5.11. The number of carbonyl (C=O) groups is 1. The maximum absolute atomic E-state index is 14.1. The molecule has 0 saturated heterocycles. The Morgan fingerprint density at radius 2 is 2.00 bits per heavy atom. The number of carbonyl (C=O) groups excluding carboxylic acids is 1. The topological polar surface area (TPSA) is 48.3 Å². The Bertz CT molecular complexity index is 840. The molecule has 3 rings (SSSR count). The molecule has 4 nitrogen and oxygen atoms in total. The molecular formula is C15H12F3NO3. The molecule has 116 valence electrons. The number of ether oxygens (including phenoxy) is 1. The van der Waals surface area contributed by atoms with Crippen molar-refractivity contribution in [1.29, 1.82) is 0 Å². The van der Waals surface area contributed by atoms with Crippen LogP contribution in [0.2, 0.25) is 0 Å². The highest BCUT2D eigenvalue weighted by molar-refractivity contribution is 5.94. The lowest BCUT2D eigenvalue weighted by Crippen LogP contribution is -2.22. The zero-order chi connectivity index (χ0) is 16.0. The average Bonchev–Trinajstić information content (AvgIpc) is 3.29. The van der Waals surface area contributed by atoms with Crippen LogP contribution in [0.25, 0.3) is 10.9 Å². The van der Waals surface area contributed by atoms with Gasteiger partial charge in [-0.15, -0.1) is 0 Å². The summed E-state index contributed by atoms with van der Waals surface area (Å²) in [5.74, 6) is -4.89. The Morgan fingerprint density at radius 1 is 1.32 bits per heavy atom. The molecule has 1 fully saturated rings. The van der Waals surface area contributed by atoms with Crippen LogP contribution >= 0.6 is 0 Å². The van der Waals surface area contributed by atoms with Crippen LogP contribution in [0.5, 0.6) is 0 Å². The van der Waals surface area contributed by atoms with Crippen LogP contribution in [-0.4, -0.2) is 17.1 Å². The number of esters is 1. The first kappa shape index (κ1) is 14.6. The molecular weight excluding hydrogens is 299 g/mol. The lowest BCUT2D eigenvalue weighted by Gasteiger charge is -2.13. The molecule has 22 heavy (non-hydrogen) atoms. The number of rotatable bonds is 3. The third-order valence-electron chi connectivity index (χ3n) is 3.58. The highest BCUT2D eigenvalue weighted by Gasteiger charge is 2.30. The lowest BCUT2D eigenvalue weighted by molar-refractivity contribution is 0.0524. The van der Waals surface area contributed by atoms with Crippen molar-refractivity contribution in [3.63, 3.8) is 0 Å². The maximum atomic E-state index is 14.1. The number of hydrogen-bond donors (Lipinski definition) is 0. The van der Waals surface area contributed by atoms with Crippen molar-refractivity contribution in [2.45, 2.75) is 25.8 Å². The molecule has 0 amide bonds. The molecule has 0 N–H and O–H groups in total. The standard InChI is InChI=1S/C15H12F3NO3/c1-2-22-15(21)8-6-19(7-3-4-7)13-10(17)5-9(16)12(18)11(13)14(8)20/h5-7H,2-4H2,1H3. The molecule has 0 aliphatic heterocycles. The Kier molecular flexibility index (Phi) is 3.42. The summed E-state index contributed by atoms with van der Waals surface area (Å²) < 4.78 is 47.6. The first-order valence-electron chi connectivity index (χ1n) is 6.85. The molecule has 7 heteroatoms. The number of aromatic nitrogens is 1. The van der Waals surface area contributed by atoms with Gasteiger partial charge in [0, 0.05) is 18.3 Å². The van der Waals surface area contributed by atoms with E-state index in [2.05, 4.69) is 0 Å². The van der Waals surface area contributed by atoms with Crippen molar-refractivity contribution < 1.29 is 22.7 Å². The Morgan fingerprint density at radius 3 is 2.59 bits per heavy atom. The van der Waals surface area contributed by atoms with Crippen molar-refractivity contribution >= 4 is 16.9 Å². The molecule has 1 heterocycles. The van der Waals surface area contributed by atoms with Gasteiger partial charge in [-0.25, -0.2) is 18.0 Å². The number of pyridine rings is 1. The SMILES string of the molecule is CCOC(=O)c1cn(C2CC2)c2c(F)cc(F)c(F)c2c1=O. The van der Waals surface area contributed by atoms with Gasteiger partial charge in [0.25, 0.3) is 0 Å². The first-order chi connectivity index (χ1) is 10.5. The molecule has 1 aromatic carbocycles. The first-order valence-corrected chi connectivity index (χ1v) is 6.85. The van der Waals surface area contributed by atoms with E-state index < -0.39 is 39.8 Å². The van der Waals surface area contributed by atoms with Crippen molar-refractivity contribution in [3.8, 4) is 0 Å². The predicted molar refractivity (Wildman–Crippen MR) is 72.3 cm³/mol. The molecule has 2 aromatic rings. The van der Waals surface area contributed by atoms with Crippen LogP contribution in [0.4, 0.5) is 13.2 Å².